The topological polar surface area (TPSA) is 23.6 Å². The Kier molecular flexibility index (Phi) is 5.98. The third kappa shape index (κ3) is 4.29. The van der Waals surface area contributed by atoms with Crippen LogP contribution in [0.25, 0.3) is 0 Å². The molecule has 0 aliphatic carbocycles. The van der Waals surface area contributed by atoms with E-state index in [0.717, 1.165) is 17.3 Å². The van der Waals surface area contributed by atoms with Crippen molar-refractivity contribution in [3.05, 3.63) is 34.1 Å². The van der Waals surface area contributed by atoms with Crippen molar-refractivity contribution < 1.29 is 9.18 Å². The maximum Gasteiger partial charge on any atom is 0.237 e. The predicted molar refractivity (Wildman–Crippen MR) is 90.1 cm³/mol. The molecule has 3 nitrogen and oxygen atoms in total. The van der Waals surface area contributed by atoms with Gasteiger partial charge in [0.2, 0.25) is 5.91 Å². The first-order valence-electron chi connectivity index (χ1n) is 7.82. The molecule has 0 saturated carbocycles. The number of hydrogen-bond acceptors (Lipinski definition) is 2. The summed E-state index contributed by atoms with van der Waals surface area (Å²) < 4.78 is 14.7. The lowest BCUT2D eigenvalue weighted by molar-refractivity contribution is -0.138. The van der Waals surface area contributed by atoms with E-state index in [2.05, 4.69) is 29.8 Å². The van der Waals surface area contributed by atoms with Gasteiger partial charge in [0.15, 0.2) is 0 Å². The standard InChI is InChI=1S/C17H24BrFN2O/c1-12-5-4-6-13(2)21(12)17(22)11-20(3)10-14-9-15(18)7-8-16(14)19/h7-9,12-13H,4-6,10-11H2,1-3H3. The maximum absolute atomic E-state index is 13.8. The lowest BCUT2D eigenvalue weighted by Gasteiger charge is -2.39. The molecule has 1 aromatic rings. The molecule has 1 aliphatic rings. The van der Waals surface area contributed by atoms with E-state index in [4.69, 9.17) is 0 Å². The van der Waals surface area contributed by atoms with Gasteiger partial charge in [-0.15, -0.1) is 0 Å². The van der Waals surface area contributed by atoms with E-state index in [1.807, 2.05) is 16.8 Å². The molecular formula is C17H24BrFN2O. The first kappa shape index (κ1) is 17.4. The predicted octanol–water partition coefficient (Wildman–Crippen LogP) is 3.81. The van der Waals surface area contributed by atoms with Gasteiger partial charge < -0.3 is 4.90 Å². The second-order valence-corrected chi connectivity index (χ2v) is 7.25. The van der Waals surface area contributed by atoms with Crippen molar-refractivity contribution in [1.29, 1.82) is 0 Å². The molecule has 2 atom stereocenters. The van der Waals surface area contributed by atoms with Crippen molar-refractivity contribution in [3.8, 4) is 0 Å². The number of nitrogens with zero attached hydrogens (tertiary/aromatic N) is 2. The van der Waals surface area contributed by atoms with Gasteiger partial charge in [0.05, 0.1) is 6.54 Å². The van der Waals surface area contributed by atoms with E-state index >= 15 is 0 Å². The molecule has 2 unspecified atom stereocenters. The normalized spacial score (nSPS) is 22.2. The highest BCUT2D eigenvalue weighted by Crippen LogP contribution is 2.23. The number of halogens is 2. The SMILES string of the molecule is CC1CCCC(C)N1C(=O)CN(C)Cc1cc(Br)ccc1F. The van der Waals surface area contributed by atoms with Gasteiger partial charge >= 0.3 is 0 Å². The molecule has 2 rings (SSSR count). The molecule has 0 aromatic heterocycles. The number of likely N-dealkylation sites (N-methyl/N-ethyl adjacent to an activating group) is 1. The smallest absolute Gasteiger partial charge is 0.237 e. The Morgan fingerprint density at radius 2 is 2.00 bits per heavy atom. The minimum absolute atomic E-state index is 0.137. The van der Waals surface area contributed by atoms with Crippen LogP contribution in [0.15, 0.2) is 22.7 Å². The van der Waals surface area contributed by atoms with Gasteiger partial charge in [-0.05, 0) is 58.4 Å². The molecule has 122 valence electrons. The molecule has 22 heavy (non-hydrogen) atoms. The van der Waals surface area contributed by atoms with Gasteiger partial charge in [-0.25, -0.2) is 4.39 Å². The van der Waals surface area contributed by atoms with Gasteiger partial charge in [-0.2, -0.15) is 0 Å². The molecule has 5 heteroatoms. The largest absolute Gasteiger partial charge is 0.336 e. The number of hydrogen-bond donors (Lipinski definition) is 0. The lowest BCUT2D eigenvalue weighted by atomic mass is 9.97. The van der Waals surface area contributed by atoms with Crippen LogP contribution < -0.4 is 0 Å². The summed E-state index contributed by atoms with van der Waals surface area (Å²) in [6, 6.07) is 5.49. The average molecular weight is 371 g/mol. The van der Waals surface area contributed by atoms with Crippen molar-refractivity contribution >= 4 is 21.8 Å². The minimum Gasteiger partial charge on any atom is -0.336 e. The van der Waals surface area contributed by atoms with Crippen LogP contribution >= 0.6 is 15.9 Å². The Bertz CT molecular complexity index is 527. The van der Waals surface area contributed by atoms with Crippen LogP contribution in [0.5, 0.6) is 0 Å². The number of carbonyl (C=O) groups excluding carboxylic acids is 1. The first-order chi connectivity index (χ1) is 10.4. The fourth-order valence-electron chi connectivity index (χ4n) is 3.24. The Balaban J connectivity index is 1.97. The van der Waals surface area contributed by atoms with Crippen LogP contribution in [0.4, 0.5) is 4.39 Å². The monoisotopic (exact) mass is 370 g/mol. The lowest BCUT2D eigenvalue weighted by Crippen LogP contribution is -2.50. The maximum atomic E-state index is 13.8. The van der Waals surface area contributed by atoms with Gasteiger partial charge in [0.1, 0.15) is 5.82 Å². The van der Waals surface area contributed by atoms with Crippen molar-refractivity contribution in [2.24, 2.45) is 0 Å². The molecule has 1 aliphatic heterocycles. The van der Waals surface area contributed by atoms with Crippen LogP contribution in [0.1, 0.15) is 38.7 Å². The molecule has 1 heterocycles. The Morgan fingerprint density at radius 3 is 2.64 bits per heavy atom. The number of benzene rings is 1. The zero-order valence-electron chi connectivity index (χ0n) is 13.5. The number of piperidine rings is 1. The summed E-state index contributed by atoms with van der Waals surface area (Å²) in [4.78, 5) is 16.4. The quantitative estimate of drug-likeness (QED) is 0.804. The average Bonchev–Trinajstić information content (AvgIpc) is 2.42. The molecule has 0 radical (unpaired) electrons. The summed E-state index contributed by atoms with van der Waals surface area (Å²) in [5, 5.41) is 0. The van der Waals surface area contributed by atoms with E-state index < -0.39 is 0 Å². The summed E-state index contributed by atoms with van der Waals surface area (Å²) in [6.07, 6.45) is 3.32. The Morgan fingerprint density at radius 1 is 1.36 bits per heavy atom. The number of amides is 1. The van der Waals surface area contributed by atoms with Crippen LogP contribution in [0.3, 0.4) is 0 Å². The molecule has 0 bridgehead atoms. The fraction of sp³-hybridized carbons (Fsp3) is 0.588. The van der Waals surface area contributed by atoms with Gasteiger partial charge in [-0.3, -0.25) is 9.69 Å². The highest BCUT2D eigenvalue weighted by atomic mass is 79.9. The third-order valence-electron chi connectivity index (χ3n) is 4.33. The molecular weight excluding hydrogens is 347 g/mol. The number of likely N-dealkylation sites (tertiary alicyclic amines) is 1. The van der Waals surface area contributed by atoms with Crippen LogP contribution in [0, 0.1) is 5.82 Å². The minimum atomic E-state index is -0.234. The summed E-state index contributed by atoms with van der Waals surface area (Å²) >= 11 is 3.36. The molecule has 0 spiro atoms. The summed E-state index contributed by atoms with van der Waals surface area (Å²) in [5.41, 5.74) is 0.601. The van der Waals surface area contributed by atoms with Crippen LogP contribution in [0.2, 0.25) is 0 Å². The number of rotatable bonds is 4. The Labute approximate surface area is 140 Å². The molecule has 1 amide bonds. The molecule has 1 fully saturated rings. The van der Waals surface area contributed by atoms with E-state index in [1.165, 1.54) is 12.5 Å². The van der Waals surface area contributed by atoms with Crippen molar-refractivity contribution in [2.45, 2.75) is 51.7 Å². The van der Waals surface area contributed by atoms with Gasteiger partial charge in [0, 0.05) is 28.7 Å². The summed E-state index contributed by atoms with van der Waals surface area (Å²) in [5.74, 6) is -0.0974. The van der Waals surface area contributed by atoms with E-state index in [-0.39, 0.29) is 11.7 Å². The van der Waals surface area contributed by atoms with Crippen molar-refractivity contribution in [3.63, 3.8) is 0 Å². The van der Waals surface area contributed by atoms with E-state index in [0.29, 0.717) is 30.7 Å². The highest BCUT2D eigenvalue weighted by molar-refractivity contribution is 9.10. The van der Waals surface area contributed by atoms with Crippen molar-refractivity contribution in [2.75, 3.05) is 13.6 Å². The zero-order chi connectivity index (χ0) is 16.3. The van der Waals surface area contributed by atoms with Crippen LogP contribution in [-0.2, 0) is 11.3 Å². The highest BCUT2D eigenvalue weighted by Gasteiger charge is 2.29. The van der Waals surface area contributed by atoms with E-state index in [1.54, 1.807) is 12.1 Å². The van der Waals surface area contributed by atoms with E-state index in [9.17, 15) is 9.18 Å². The molecule has 0 N–H and O–H groups in total. The van der Waals surface area contributed by atoms with Gasteiger partial charge in [-0.1, -0.05) is 15.9 Å². The number of carbonyl (C=O) groups is 1. The fourth-order valence-corrected chi connectivity index (χ4v) is 3.65. The second kappa shape index (κ2) is 7.55. The second-order valence-electron chi connectivity index (χ2n) is 6.34. The van der Waals surface area contributed by atoms with Gasteiger partial charge in [0.25, 0.3) is 0 Å². The molecule has 1 aromatic carbocycles. The Hall–Kier alpha value is -0.940. The zero-order valence-corrected chi connectivity index (χ0v) is 15.1. The summed E-state index contributed by atoms with van der Waals surface area (Å²) in [6.45, 7) is 4.97. The third-order valence-corrected chi connectivity index (χ3v) is 4.83. The summed E-state index contributed by atoms with van der Waals surface area (Å²) in [7, 11) is 1.86. The molecule has 1 saturated heterocycles. The van der Waals surface area contributed by atoms with Crippen molar-refractivity contribution in [1.82, 2.24) is 9.80 Å². The van der Waals surface area contributed by atoms with Crippen LogP contribution in [-0.4, -0.2) is 41.4 Å². The first-order valence-corrected chi connectivity index (χ1v) is 8.61.